The van der Waals surface area contributed by atoms with E-state index in [9.17, 15) is 4.39 Å². The molecule has 0 spiro atoms. The molecule has 1 N–H and O–H groups in total. The lowest BCUT2D eigenvalue weighted by molar-refractivity contribution is 0.0317. The number of nitrogens with one attached hydrogen (secondary N) is 1. The lowest BCUT2D eigenvalue weighted by Crippen LogP contribution is -2.43. The molecule has 1 aromatic rings. The van der Waals surface area contributed by atoms with Crippen LogP contribution in [0, 0.1) is 5.92 Å². The van der Waals surface area contributed by atoms with Gasteiger partial charge in [0.05, 0.1) is 13.2 Å². The smallest absolute Gasteiger partial charge is 0.175 e. The molecule has 3 rings (SSSR count). The van der Waals surface area contributed by atoms with Crippen LogP contribution in [0.3, 0.4) is 0 Å². The van der Waals surface area contributed by atoms with Crippen LogP contribution in [-0.2, 0) is 11.2 Å². The maximum Gasteiger partial charge on any atom is 0.175 e. The standard InChI is InChI=1S/C16H29FN6O/c17-15-3-1-2-14(12-15)13-23(5-4-16-18-20-21-19-16)7-6-22-8-10-24-11-9-22/h14-15H,1-13H2,(H,18,19,20,21). The monoisotopic (exact) mass is 340 g/mol. The van der Waals surface area contributed by atoms with Crippen LogP contribution in [0.1, 0.15) is 31.5 Å². The molecule has 1 saturated heterocycles. The second-order valence-electron chi connectivity index (χ2n) is 6.96. The minimum absolute atomic E-state index is 0.476. The predicted molar refractivity (Wildman–Crippen MR) is 88.4 cm³/mol. The molecule has 2 fully saturated rings. The Morgan fingerprint density at radius 1 is 1.25 bits per heavy atom. The van der Waals surface area contributed by atoms with Gasteiger partial charge >= 0.3 is 0 Å². The summed E-state index contributed by atoms with van der Waals surface area (Å²) < 4.78 is 19.1. The first-order valence-electron chi connectivity index (χ1n) is 9.18. The van der Waals surface area contributed by atoms with Crippen molar-refractivity contribution in [2.24, 2.45) is 5.92 Å². The van der Waals surface area contributed by atoms with Crippen LogP contribution in [0.5, 0.6) is 0 Å². The van der Waals surface area contributed by atoms with Gasteiger partial charge in [0, 0.05) is 45.7 Å². The fraction of sp³-hybridized carbons (Fsp3) is 0.938. The Bertz CT molecular complexity index is 453. The van der Waals surface area contributed by atoms with Crippen molar-refractivity contribution in [2.75, 3.05) is 52.5 Å². The van der Waals surface area contributed by atoms with Gasteiger partial charge in [-0.1, -0.05) is 11.6 Å². The van der Waals surface area contributed by atoms with E-state index < -0.39 is 6.17 Å². The van der Waals surface area contributed by atoms with Gasteiger partial charge in [-0.2, -0.15) is 5.21 Å². The molecule has 2 heterocycles. The molecule has 2 aliphatic rings. The van der Waals surface area contributed by atoms with Gasteiger partial charge in [-0.3, -0.25) is 4.90 Å². The number of halogens is 1. The van der Waals surface area contributed by atoms with Crippen LogP contribution in [0.2, 0.25) is 0 Å². The van der Waals surface area contributed by atoms with Crippen molar-refractivity contribution in [3.63, 3.8) is 0 Å². The first-order valence-corrected chi connectivity index (χ1v) is 9.18. The van der Waals surface area contributed by atoms with Gasteiger partial charge in [0.2, 0.25) is 0 Å². The van der Waals surface area contributed by atoms with Gasteiger partial charge in [-0.05, 0) is 25.2 Å². The van der Waals surface area contributed by atoms with E-state index in [1.54, 1.807) is 0 Å². The number of aromatic nitrogens is 4. The molecule has 2 atom stereocenters. The number of H-pyrrole nitrogens is 1. The van der Waals surface area contributed by atoms with Crippen LogP contribution >= 0.6 is 0 Å². The van der Waals surface area contributed by atoms with Crippen molar-refractivity contribution in [1.82, 2.24) is 30.4 Å². The number of hydrogen-bond donors (Lipinski definition) is 1. The van der Waals surface area contributed by atoms with Gasteiger partial charge < -0.3 is 9.64 Å². The Morgan fingerprint density at radius 2 is 2.12 bits per heavy atom. The Labute approximate surface area is 142 Å². The first kappa shape index (κ1) is 17.7. The summed E-state index contributed by atoms with van der Waals surface area (Å²) >= 11 is 0. The Balaban J connectivity index is 1.48. The number of hydrogen-bond acceptors (Lipinski definition) is 6. The van der Waals surface area contributed by atoms with Crippen LogP contribution < -0.4 is 0 Å². The predicted octanol–water partition coefficient (Wildman–Crippen LogP) is 0.905. The summed E-state index contributed by atoms with van der Waals surface area (Å²) in [6.45, 7) is 7.60. The summed E-state index contributed by atoms with van der Waals surface area (Å²) in [6, 6.07) is 0. The number of ether oxygens (including phenoxy) is 1. The molecule has 0 bridgehead atoms. The van der Waals surface area contributed by atoms with Crippen molar-refractivity contribution in [1.29, 1.82) is 0 Å². The second-order valence-corrected chi connectivity index (χ2v) is 6.96. The van der Waals surface area contributed by atoms with E-state index in [4.69, 9.17) is 4.74 Å². The number of rotatable bonds is 8. The number of aromatic amines is 1. The van der Waals surface area contributed by atoms with Crippen molar-refractivity contribution in [2.45, 2.75) is 38.3 Å². The van der Waals surface area contributed by atoms with E-state index >= 15 is 0 Å². The molecule has 136 valence electrons. The highest BCUT2D eigenvalue weighted by atomic mass is 19.1. The molecule has 0 amide bonds. The maximum atomic E-state index is 13.7. The molecule has 0 aromatic carbocycles. The topological polar surface area (TPSA) is 70.2 Å². The minimum atomic E-state index is -0.609. The SMILES string of the molecule is FC1CCCC(CN(CCc2nn[nH]n2)CCN2CCOCC2)C1. The highest BCUT2D eigenvalue weighted by Gasteiger charge is 2.24. The molecule has 0 radical (unpaired) electrons. The molecular weight excluding hydrogens is 311 g/mol. The molecule has 8 heteroatoms. The number of tetrazole rings is 1. The Morgan fingerprint density at radius 3 is 2.88 bits per heavy atom. The number of morpholine rings is 1. The fourth-order valence-electron chi connectivity index (χ4n) is 3.70. The average molecular weight is 340 g/mol. The zero-order valence-corrected chi connectivity index (χ0v) is 14.4. The fourth-order valence-corrected chi connectivity index (χ4v) is 3.70. The molecule has 1 aliphatic carbocycles. The second kappa shape index (κ2) is 9.39. The van der Waals surface area contributed by atoms with E-state index in [1.165, 1.54) is 0 Å². The normalized spacial score (nSPS) is 26.1. The van der Waals surface area contributed by atoms with Gasteiger partial charge in [-0.15, -0.1) is 10.2 Å². The minimum Gasteiger partial charge on any atom is -0.379 e. The third-order valence-electron chi connectivity index (χ3n) is 5.11. The van der Waals surface area contributed by atoms with Crippen molar-refractivity contribution >= 4 is 0 Å². The van der Waals surface area contributed by atoms with E-state index in [-0.39, 0.29) is 0 Å². The number of nitrogens with zero attached hydrogens (tertiary/aromatic N) is 5. The van der Waals surface area contributed by atoms with Gasteiger partial charge in [-0.25, -0.2) is 4.39 Å². The molecule has 2 unspecified atom stereocenters. The van der Waals surface area contributed by atoms with Gasteiger partial charge in [0.25, 0.3) is 0 Å². The zero-order valence-electron chi connectivity index (χ0n) is 14.4. The third kappa shape index (κ3) is 5.75. The van der Waals surface area contributed by atoms with Gasteiger partial charge in [0.1, 0.15) is 6.17 Å². The van der Waals surface area contributed by atoms with Crippen LogP contribution in [0.4, 0.5) is 4.39 Å². The quantitative estimate of drug-likeness (QED) is 0.758. The summed E-state index contributed by atoms with van der Waals surface area (Å²) in [5.74, 6) is 1.22. The summed E-state index contributed by atoms with van der Waals surface area (Å²) in [6.07, 6.45) is 3.81. The maximum absolute atomic E-state index is 13.7. The van der Waals surface area contributed by atoms with Crippen LogP contribution in [0.25, 0.3) is 0 Å². The Kier molecular flexibility index (Phi) is 6.92. The molecule has 7 nitrogen and oxygen atoms in total. The van der Waals surface area contributed by atoms with Crippen LogP contribution in [0.15, 0.2) is 0 Å². The molecular formula is C16H29FN6O. The molecule has 24 heavy (non-hydrogen) atoms. The van der Waals surface area contributed by atoms with E-state index in [0.29, 0.717) is 5.92 Å². The molecule has 1 aliphatic heterocycles. The van der Waals surface area contributed by atoms with Crippen molar-refractivity contribution in [3.8, 4) is 0 Å². The van der Waals surface area contributed by atoms with Crippen LogP contribution in [-0.4, -0.2) is 89.1 Å². The largest absolute Gasteiger partial charge is 0.379 e. The summed E-state index contributed by atoms with van der Waals surface area (Å²) in [5.41, 5.74) is 0. The van der Waals surface area contributed by atoms with Crippen molar-refractivity contribution < 1.29 is 9.13 Å². The highest BCUT2D eigenvalue weighted by Crippen LogP contribution is 2.27. The van der Waals surface area contributed by atoms with E-state index in [1.807, 2.05) is 0 Å². The molecule has 1 saturated carbocycles. The Hall–Kier alpha value is -1.12. The summed E-state index contributed by atoms with van der Waals surface area (Å²) in [4.78, 5) is 4.90. The average Bonchev–Trinajstić information content (AvgIpc) is 3.12. The van der Waals surface area contributed by atoms with Crippen molar-refractivity contribution in [3.05, 3.63) is 5.82 Å². The molecule has 1 aromatic heterocycles. The summed E-state index contributed by atoms with van der Waals surface area (Å²) in [7, 11) is 0. The highest BCUT2D eigenvalue weighted by molar-refractivity contribution is 4.81. The zero-order chi connectivity index (χ0) is 16.6. The lowest BCUT2D eigenvalue weighted by Gasteiger charge is -2.33. The number of alkyl halides is 1. The van der Waals surface area contributed by atoms with Gasteiger partial charge in [0.15, 0.2) is 5.82 Å². The third-order valence-corrected chi connectivity index (χ3v) is 5.11. The summed E-state index contributed by atoms with van der Waals surface area (Å²) in [5, 5.41) is 14.2. The van der Waals surface area contributed by atoms with E-state index in [0.717, 1.165) is 90.4 Å². The first-order chi connectivity index (χ1) is 11.8. The lowest BCUT2D eigenvalue weighted by atomic mass is 9.87. The van der Waals surface area contributed by atoms with E-state index in [2.05, 4.69) is 30.4 Å².